The van der Waals surface area contributed by atoms with Crippen LogP contribution in [0.25, 0.3) is 0 Å². The van der Waals surface area contributed by atoms with Crippen LogP contribution < -0.4 is 16.0 Å². The van der Waals surface area contributed by atoms with E-state index in [-0.39, 0.29) is 36.2 Å². The van der Waals surface area contributed by atoms with Crippen LogP contribution in [0.15, 0.2) is 30.3 Å². The molecule has 2 atom stereocenters. The van der Waals surface area contributed by atoms with E-state index in [0.717, 1.165) is 37.8 Å². The van der Waals surface area contributed by atoms with Gasteiger partial charge in [-0.25, -0.2) is 0 Å². The molecule has 0 unspecified atom stereocenters. The number of amides is 3. The zero-order chi connectivity index (χ0) is 22.6. The van der Waals surface area contributed by atoms with Crippen LogP contribution in [0.2, 0.25) is 0 Å². The summed E-state index contributed by atoms with van der Waals surface area (Å²) in [6.07, 6.45) is 5.06. The Morgan fingerprint density at radius 2 is 1.65 bits per heavy atom. The molecule has 0 radical (unpaired) electrons. The molecule has 2 rings (SSSR count). The van der Waals surface area contributed by atoms with Crippen molar-refractivity contribution in [3.63, 3.8) is 0 Å². The third-order valence-electron chi connectivity index (χ3n) is 5.49. The van der Waals surface area contributed by atoms with Crippen LogP contribution >= 0.6 is 0 Å². The van der Waals surface area contributed by atoms with E-state index in [4.69, 9.17) is 0 Å². The second-order valence-electron chi connectivity index (χ2n) is 8.85. The first kappa shape index (κ1) is 24.9. The molecule has 31 heavy (non-hydrogen) atoms. The van der Waals surface area contributed by atoms with Crippen molar-refractivity contribution in [2.75, 3.05) is 26.7 Å². The van der Waals surface area contributed by atoms with Gasteiger partial charge in [0.15, 0.2) is 0 Å². The standard InChI is InChI=1S/C24H38N4O3/c1-18(2)15-20-23(30)26-14-10-5-4-9-13-25-21(16-19-11-7-6-8-12-19)24(31)28(3)17-22(29)27-20/h6-8,11-12,18,20-21,25H,4-5,9-10,13-17H2,1-3H3,(H,26,30)(H,27,29)/t20-,21-/m0/s1. The molecule has 1 aliphatic heterocycles. The first-order valence-electron chi connectivity index (χ1n) is 11.5. The highest BCUT2D eigenvalue weighted by Gasteiger charge is 2.26. The highest BCUT2D eigenvalue weighted by atomic mass is 16.2. The number of rotatable bonds is 4. The van der Waals surface area contributed by atoms with E-state index in [1.807, 2.05) is 44.2 Å². The summed E-state index contributed by atoms with van der Waals surface area (Å²) in [5.74, 6) is -0.314. The molecule has 7 heteroatoms. The number of benzene rings is 1. The molecule has 1 aromatic carbocycles. The fourth-order valence-electron chi connectivity index (χ4n) is 3.81. The minimum Gasteiger partial charge on any atom is -0.354 e. The van der Waals surface area contributed by atoms with Crippen molar-refractivity contribution in [1.29, 1.82) is 0 Å². The third-order valence-corrected chi connectivity index (χ3v) is 5.49. The maximum atomic E-state index is 13.1. The van der Waals surface area contributed by atoms with E-state index >= 15 is 0 Å². The van der Waals surface area contributed by atoms with Crippen LogP contribution in [0.1, 0.15) is 51.5 Å². The van der Waals surface area contributed by atoms with Crippen LogP contribution in [0.4, 0.5) is 0 Å². The fraction of sp³-hybridized carbons (Fsp3) is 0.625. The molecule has 1 aromatic rings. The maximum Gasteiger partial charge on any atom is 0.242 e. The lowest BCUT2D eigenvalue weighted by Crippen LogP contribution is -2.53. The Morgan fingerprint density at radius 1 is 0.968 bits per heavy atom. The summed E-state index contributed by atoms with van der Waals surface area (Å²) in [6.45, 7) is 5.33. The van der Waals surface area contributed by atoms with Crippen molar-refractivity contribution in [2.45, 2.75) is 64.5 Å². The molecule has 3 amide bonds. The number of hydrogen-bond donors (Lipinski definition) is 3. The van der Waals surface area contributed by atoms with Crippen molar-refractivity contribution in [3.8, 4) is 0 Å². The number of nitrogens with one attached hydrogen (secondary N) is 3. The lowest BCUT2D eigenvalue weighted by molar-refractivity contribution is -0.137. The van der Waals surface area contributed by atoms with E-state index in [1.54, 1.807) is 7.05 Å². The number of likely N-dealkylation sites (N-methyl/N-ethyl adjacent to an activating group) is 1. The molecule has 1 fully saturated rings. The predicted molar refractivity (Wildman–Crippen MR) is 122 cm³/mol. The van der Waals surface area contributed by atoms with Crippen LogP contribution in [0, 0.1) is 5.92 Å². The highest BCUT2D eigenvalue weighted by molar-refractivity contribution is 5.91. The van der Waals surface area contributed by atoms with Gasteiger partial charge in [0.25, 0.3) is 0 Å². The zero-order valence-corrected chi connectivity index (χ0v) is 19.2. The van der Waals surface area contributed by atoms with E-state index in [9.17, 15) is 14.4 Å². The quantitative estimate of drug-likeness (QED) is 0.680. The van der Waals surface area contributed by atoms with Gasteiger partial charge in [0, 0.05) is 13.6 Å². The van der Waals surface area contributed by atoms with E-state index in [2.05, 4.69) is 16.0 Å². The molecule has 7 nitrogen and oxygen atoms in total. The van der Waals surface area contributed by atoms with Gasteiger partial charge >= 0.3 is 0 Å². The smallest absolute Gasteiger partial charge is 0.242 e. The Labute approximate surface area is 186 Å². The van der Waals surface area contributed by atoms with E-state index < -0.39 is 6.04 Å². The van der Waals surface area contributed by atoms with Gasteiger partial charge in [-0.05, 0) is 43.7 Å². The summed E-state index contributed by atoms with van der Waals surface area (Å²) in [5.41, 5.74) is 1.08. The topological polar surface area (TPSA) is 90.5 Å². The molecule has 0 aliphatic carbocycles. The van der Waals surface area contributed by atoms with Gasteiger partial charge in [-0.3, -0.25) is 14.4 Å². The first-order chi connectivity index (χ1) is 14.9. The minimum atomic E-state index is -0.581. The molecule has 0 bridgehead atoms. The lowest BCUT2D eigenvalue weighted by Gasteiger charge is -2.26. The van der Waals surface area contributed by atoms with Gasteiger partial charge in [-0.1, -0.05) is 57.0 Å². The van der Waals surface area contributed by atoms with Crippen LogP contribution in [0.5, 0.6) is 0 Å². The average Bonchev–Trinajstić information content (AvgIpc) is 2.73. The van der Waals surface area contributed by atoms with Crippen LogP contribution in [-0.4, -0.2) is 61.4 Å². The van der Waals surface area contributed by atoms with Gasteiger partial charge in [0.1, 0.15) is 6.04 Å². The molecule has 1 heterocycles. The molecule has 0 saturated carbocycles. The Hall–Kier alpha value is -2.41. The minimum absolute atomic E-state index is 0.0757. The van der Waals surface area contributed by atoms with Crippen molar-refractivity contribution in [3.05, 3.63) is 35.9 Å². The molecule has 0 spiro atoms. The summed E-state index contributed by atoms with van der Waals surface area (Å²) in [6, 6.07) is 8.94. The average molecular weight is 431 g/mol. The predicted octanol–water partition coefficient (Wildman–Crippen LogP) is 1.87. The molecule has 1 saturated heterocycles. The van der Waals surface area contributed by atoms with Crippen LogP contribution in [-0.2, 0) is 20.8 Å². The Kier molecular flexibility index (Phi) is 10.5. The Balaban J connectivity index is 2.11. The maximum absolute atomic E-state index is 13.1. The zero-order valence-electron chi connectivity index (χ0n) is 19.2. The second-order valence-corrected chi connectivity index (χ2v) is 8.85. The lowest BCUT2D eigenvalue weighted by atomic mass is 10.0. The fourth-order valence-corrected chi connectivity index (χ4v) is 3.81. The Bertz CT molecular complexity index is 708. The molecule has 1 aliphatic rings. The summed E-state index contributed by atoms with van der Waals surface area (Å²) >= 11 is 0. The summed E-state index contributed by atoms with van der Waals surface area (Å²) in [4.78, 5) is 39.8. The van der Waals surface area contributed by atoms with Gasteiger partial charge < -0.3 is 20.9 Å². The number of nitrogens with zero attached hydrogens (tertiary/aromatic N) is 1. The van der Waals surface area contributed by atoms with E-state index in [0.29, 0.717) is 19.4 Å². The number of carbonyl (C=O) groups excluding carboxylic acids is 3. The van der Waals surface area contributed by atoms with Gasteiger partial charge in [0.05, 0.1) is 12.6 Å². The number of hydrogen-bond acceptors (Lipinski definition) is 4. The first-order valence-corrected chi connectivity index (χ1v) is 11.5. The number of carbonyl (C=O) groups is 3. The molecular formula is C24H38N4O3. The van der Waals surface area contributed by atoms with Crippen molar-refractivity contribution >= 4 is 17.7 Å². The monoisotopic (exact) mass is 430 g/mol. The molecular weight excluding hydrogens is 392 g/mol. The Morgan fingerprint density at radius 3 is 2.32 bits per heavy atom. The SMILES string of the molecule is CC(C)C[C@@H]1NC(=O)CN(C)C(=O)[C@H](Cc2ccccc2)NCCCCCCNC1=O. The third kappa shape index (κ3) is 9.09. The molecule has 0 aromatic heterocycles. The van der Waals surface area contributed by atoms with E-state index in [1.165, 1.54) is 4.90 Å². The van der Waals surface area contributed by atoms with Crippen molar-refractivity contribution in [1.82, 2.24) is 20.9 Å². The largest absolute Gasteiger partial charge is 0.354 e. The van der Waals surface area contributed by atoms with Crippen LogP contribution in [0.3, 0.4) is 0 Å². The van der Waals surface area contributed by atoms with Crippen molar-refractivity contribution in [2.24, 2.45) is 5.92 Å². The van der Waals surface area contributed by atoms with Gasteiger partial charge in [-0.2, -0.15) is 0 Å². The van der Waals surface area contributed by atoms with Gasteiger partial charge in [-0.15, -0.1) is 0 Å². The van der Waals surface area contributed by atoms with Gasteiger partial charge in [0.2, 0.25) is 17.7 Å². The summed E-state index contributed by atoms with van der Waals surface area (Å²) in [7, 11) is 1.64. The summed E-state index contributed by atoms with van der Waals surface area (Å²) < 4.78 is 0. The van der Waals surface area contributed by atoms with Crippen molar-refractivity contribution < 1.29 is 14.4 Å². The second kappa shape index (κ2) is 13.1. The molecule has 3 N–H and O–H groups in total. The highest BCUT2D eigenvalue weighted by Crippen LogP contribution is 2.09. The summed E-state index contributed by atoms with van der Waals surface area (Å²) in [5, 5.41) is 9.17. The molecule has 172 valence electrons. The normalized spacial score (nSPS) is 22.8.